The number of nitrogens with one attached hydrogen (secondary N) is 1. The van der Waals surface area contributed by atoms with E-state index >= 15 is 0 Å². The number of H-pyrrole nitrogens is 1. The molecular weight excluding hydrogens is 281 g/mol. The fourth-order valence-electron chi connectivity index (χ4n) is 1.04. The van der Waals surface area contributed by atoms with E-state index < -0.39 is 0 Å². The first-order valence-electron chi connectivity index (χ1n) is 3.79. The summed E-state index contributed by atoms with van der Waals surface area (Å²) in [4.78, 5) is 0. The van der Waals surface area contributed by atoms with Crippen LogP contribution in [0.2, 0.25) is 0 Å². The van der Waals surface area contributed by atoms with Gasteiger partial charge < -0.3 is 0 Å². The largest absolute Gasteiger partial charge is 0.282 e. The number of nitrogens with zero attached hydrogens (tertiary/aromatic N) is 4. The summed E-state index contributed by atoms with van der Waals surface area (Å²) in [5.41, 5.74) is 1.85. The first-order valence-corrected chi connectivity index (χ1v) is 4.75. The molecule has 0 atom stereocenters. The van der Waals surface area contributed by atoms with Crippen molar-refractivity contribution in [2.45, 2.75) is 13.8 Å². The maximum absolute atomic E-state index is 4.11. The third-order valence-electron chi connectivity index (χ3n) is 1.69. The molecule has 13 heavy (non-hydrogen) atoms. The van der Waals surface area contributed by atoms with Crippen molar-refractivity contribution in [1.29, 1.82) is 0 Å². The highest BCUT2D eigenvalue weighted by molar-refractivity contribution is 14.1. The van der Waals surface area contributed by atoms with E-state index in [9.17, 15) is 0 Å². The number of rotatable bonds is 1. The Morgan fingerprint density at radius 1 is 1.38 bits per heavy atom. The van der Waals surface area contributed by atoms with E-state index in [1.165, 1.54) is 0 Å². The third kappa shape index (κ3) is 1.45. The minimum absolute atomic E-state index is 0.780. The Bertz CT molecular complexity index is 430. The second kappa shape index (κ2) is 3.09. The molecule has 0 aliphatic carbocycles. The normalized spacial score (nSPS) is 10.7. The summed E-state index contributed by atoms with van der Waals surface area (Å²) in [6.45, 7) is 3.86. The van der Waals surface area contributed by atoms with Gasteiger partial charge in [0.1, 0.15) is 11.5 Å². The van der Waals surface area contributed by atoms with Gasteiger partial charge in [-0.05, 0) is 19.9 Å². The van der Waals surface area contributed by atoms with Crippen molar-refractivity contribution in [3.63, 3.8) is 0 Å². The maximum Gasteiger partial charge on any atom is 0.193 e. The van der Waals surface area contributed by atoms with Crippen molar-refractivity contribution >= 4 is 22.9 Å². The van der Waals surface area contributed by atoms with Gasteiger partial charge in [-0.2, -0.15) is 5.10 Å². The van der Waals surface area contributed by atoms with E-state index in [1.807, 2.05) is 22.7 Å². The summed E-state index contributed by atoms with van der Waals surface area (Å²) < 4.78 is 1.88. The lowest BCUT2D eigenvalue weighted by molar-refractivity contribution is 1.02. The fourth-order valence-corrected chi connectivity index (χ4v) is 1.48. The zero-order chi connectivity index (χ0) is 9.42. The monoisotopic (exact) mass is 289 g/mol. The molecule has 0 saturated carbocycles. The van der Waals surface area contributed by atoms with Crippen molar-refractivity contribution in [2.24, 2.45) is 0 Å². The van der Waals surface area contributed by atoms with Gasteiger partial charge in [0.15, 0.2) is 5.82 Å². The van der Waals surface area contributed by atoms with Crippen LogP contribution in [-0.2, 0) is 0 Å². The molecule has 6 heteroatoms. The predicted octanol–water partition coefficient (Wildman–Crippen LogP) is 1.48. The van der Waals surface area contributed by atoms with Gasteiger partial charge in [-0.3, -0.25) is 5.10 Å². The van der Waals surface area contributed by atoms with E-state index in [0.717, 1.165) is 23.0 Å². The number of aromatic amines is 1. The second-order valence-electron chi connectivity index (χ2n) is 2.79. The molecule has 2 aromatic rings. The van der Waals surface area contributed by atoms with Crippen molar-refractivity contribution in [3.8, 4) is 11.5 Å². The van der Waals surface area contributed by atoms with Gasteiger partial charge in [-0.25, -0.2) is 2.78 Å². The Morgan fingerprint density at radius 3 is 2.62 bits per heavy atom. The van der Waals surface area contributed by atoms with E-state index in [0.29, 0.717) is 0 Å². The number of hydrogen-bond donors (Lipinski definition) is 1. The molecule has 0 unspecified atom stereocenters. The van der Waals surface area contributed by atoms with Crippen LogP contribution in [0.15, 0.2) is 6.07 Å². The predicted molar refractivity (Wildman–Crippen MR) is 56.5 cm³/mol. The summed E-state index contributed by atoms with van der Waals surface area (Å²) in [5, 5.41) is 15.0. The van der Waals surface area contributed by atoms with E-state index in [1.54, 1.807) is 0 Å². The lowest BCUT2D eigenvalue weighted by Gasteiger charge is -1.92. The Hall–Kier alpha value is -0.920. The van der Waals surface area contributed by atoms with Gasteiger partial charge in [-0.15, -0.1) is 10.2 Å². The van der Waals surface area contributed by atoms with Crippen LogP contribution in [0, 0.1) is 13.8 Å². The number of aromatic nitrogens is 5. The summed E-state index contributed by atoms with van der Waals surface area (Å²) >= 11 is 2.15. The fraction of sp³-hybridized carbons (Fsp3) is 0.286. The minimum Gasteiger partial charge on any atom is -0.282 e. The number of halogens is 1. The van der Waals surface area contributed by atoms with Crippen LogP contribution >= 0.6 is 22.9 Å². The highest BCUT2D eigenvalue weighted by atomic mass is 127. The van der Waals surface area contributed by atoms with E-state index in [2.05, 4.69) is 43.3 Å². The van der Waals surface area contributed by atoms with Gasteiger partial charge in [0, 0.05) is 5.69 Å². The van der Waals surface area contributed by atoms with Gasteiger partial charge in [0.25, 0.3) is 0 Å². The minimum atomic E-state index is 0.780. The summed E-state index contributed by atoms with van der Waals surface area (Å²) in [7, 11) is 0. The summed E-state index contributed by atoms with van der Waals surface area (Å²) in [5.74, 6) is 1.65. The van der Waals surface area contributed by atoms with Gasteiger partial charge in [0.2, 0.25) is 0 Å². The molecule has 0 saturated heterocycles. The first-order chi connectivity index (χ1) is 6.18. The van der Waals surface area contributed by atoms with E-state index in [-0.39, 0.29) is 0 Å². The van der Waals surface area contributed by atoms with Crippen molar-refractivity contribution in [1.82, 2.24) is 23.2 Å². The van der Waals surface area contributed by atoms with Gasteiger partial charge in [-0.1, -0.05) is 0 Å². The molecule has 0 aliphatic rings. The van der Waals surface area contributed by atoms with Gasteiger partial charge in [0.05, 0.1) is 22.9 Å². The molecule has 2 rings (SSSR count). The standard InChI is InChI=1S/C7H8IN5/c1-4-3-6(11-9-4)7-12-10-5(2)13(7)8/h3H,1-2H3,(H,9,11). The van der Waals surface area contributed by atoms with Crippen LogP contribution in [0.4, 0.5) is 0 Å². The highest BCUT2D eigenvalue weighted by Gasteiger charge is 2.10. The SMILES string of the molecule is Cc1cc(-c2nnc(C)n2I)n[nH]1. The highest BCUT2D eigenvalue weighted by Crippen LogP contribution is 2.18. The van der Waals surface area contributed by atoms with Crippen molar-refractivity contribution < 1.29 is 0 Å². The molecule has 5 nitrogen and oxygen atoms in total. The molecule has 68 valence electrons. The Kier molecular flexibility index (Phi) is 2.06. The number of hydrogen-bond acceptors (Lipinski definition) is 3. The Labute approximate surface area is 89.1 Å². The van der Waals surface area contributed by atoms with Crippen molar-refractivity contribution in [3.05, 3.63) is 17.6 Å². The zero-order valence-electron chi connectivity index (χ0n) is 7.24. The molecule has 0 bridgehead atoms. The molecule has 0 aromatic carbocycles. The topological polar surface area (TPSA) is 59.4 Å². The summed E-state index contributed by atoms with van der Waals surface area (Å²) in [6.07, 6.45) is 0. The molecular formula is C7H8IN5. The van der Waals surface area contributed by atoms with Crippen molar-refractivity contribution in [2.75, 3.05) is 0 Å². The molecule has 2 heterocycles. The lowest BCUT2D eigenvalue weighted by Crippen LogP contribution is -1.87. The Morgan fingerprint density at radius 2 is 2.15 bits per heavy atom. The number of aryl methyl sites for hydroxylation is 2. The van der Waals surface area contributed by atoms with Crippen LogP contribution in [0.5, 0.6) is 0 Å². The van der Waals surface area contributed by atoms with Crippen LogP contribution in [0.1, 0.15) is 11.5 Å². The van der Waals surface area contributed by atoms with Crippen LogP contribution in [0.25, 0.3) is 11.5 Å². The molecule has 0 spiro atoms. The maximum atomic E-state index is 4.11. The Balaban J connectivity index is 2.52. The zero-order valence-corrected chi connectivity index (χ0v) is 9.40. The molecule has 0 amide bonds. The van der Waals surface area contributed by atoms with E-state index in [4.69, 9.17) is 0 Å². The molecule has 0 aliphatic heterocycles. The van der Waals surface area contributed by atoms with Crippen LogP contribution in [-0.4, -0.2) is 23.2 Å². The second-order valence-corrected chi connectivity index (χ2v) is 3.75. The smallest absolute Gasteiger partial charge is 0.193 e. The van der Waals surface area contributed by atoms with Crippen LogP contribution in [0.3, 0.4) is 0 Å². The van der Waals surface area contributed by atoms with Gasteiger partial charge >= 0.3 is 0 Å². The first kappa shape index (κ1) is 8.67. The average molecular weight is 289 g/mol. The lowest BCUT2D eigenvalue weighted by atomic mass is 10.4. The third-order valence-corrected chi connectivity index (χ3v) is 2.85. The molecule has 1 N–H and O–H groups in total. The quantitative estimate of drug-likeness (QED) is 0.809. The molecule has 0 fully saturated rings. The van der Waals surface area contributed by atoms with Crippen LogP contribution < -0.4 is 0 Å². The average Bonchev–Trinajstić information content (AvgIpc) is 2.62. The molecule has 2 aromatic heterocycles. The summed E-state index contributed by atoms with van der Waals surface area (Å²) in [6, 6.07) is 1.94. The molecule has 0 radical (unpaired) electrons.